The molecule has 0 amide bonds. The van der Waals surface area contributed by atoms with E-state index in [0.29, 0.717) is 12.8 Å². The lowest BCUT2D eigenvalue weighted by Crippen LogP contribution is -2.30. The molecular formula is C64H100O6. The second-order valence-electron chi connectivity index (χ2n) is 17.9. The minimum Gasteiger partial charge on any atom is -0.462 e. The monoisotopic (exact) mass is 965 g/mol. The van der Waals surface area contributed by atoms with E-state index in [4.69, 9.17) is 14.2 Å². The normalized spacial score (nSPS) is 13.2. The van der Waals surface area contributed by atoms with Crippen molar-refractivity contribution in [3.05, 3.63) is 146 Å². The van der Waals surface area contributed by atoms with Crippen LogP contribution >= 0.6 is 0 Å². The van der Waals surface area contributed by atoms with E-state index in [2.05, 4.69) is 154 Å². The van der Waals surface area contributed by atoms with Crippen molar-refractivity contribution < 1.29 is 28.6 Å². The Labute approximate surface area is 429 Å². The molecule has 0 saturated carbocycles. The molecule has 392 valence electrons. The number of hydrogen-bond acceptors (Lipinski definition) is 6. The van der Waals surface area contributed by atoms with Gasteiger partial charge in [0.15, 0.2) is 6.10 Å². The van der Waals surface area contributed by atoms with E-state index in [0.717, 1.165) is 122 Å². The zero-order valence-corrected chi connectivity index (χ0v) is 44.7. The lowest BCUT2D eigenvalue weighted by molar-refractivity contribution is -0.166. The van der Waals surface area contributed by atoms with Crippen LogP contribution in [0.5, 0.6) is 0 Å². The second kappa shape index (κ2) is 56.9. The van der Waals surface area contributed by atoms with Gasteiger partial charge in [-0.3, -0.25) is 14.4 Å². The Balaban J connectivity index is 4.62. The largest absolute Gasteiger partial charge is 0.462 e. The molecule has 0 aliphatic carbocycles. The van der Waals surface area contributed by atoms with E-state index in [9.17, 15) is 14.4 Å². The molecule has 0 aromatic carbocycles. The minimum absolute atomic E-state index is 0.128. The first-order valence-electron chi connectivity index (χ1n) is 27.9. The third-order valence-corrected chi connectivity index (χ3v) is 11.2. The molecule has 1 atom stereocenters. The number of carbonyl (C=O) groups excluding carboxylic acids is 3. The number of esters is 3. The van der Waals surface area contributed by atoms with Crippen molar-refractivity contribution in [1.29, 1.82) is 0 Å². The van der Waals surface area contributed by atoms with Gasteiger partial charge in [-0.05, 0) is 103 Å². The van der Waals surface area contributed by atoms with Gasteiger partial charge in [-0.15, -0.1) is 0 Å². The summed E-state index contributed by atoms with van der Waals surface area (Å²) in [7, 11) is 0. The lowest BCUT2D eigenvalue weighted by atomic mass is 10.1. The van der Waals surface area contributed by atoms with Crippen molar-refractivity contribution in [1.82, 2.24) is 0 Å². The average molecular weight is 965 g/mol. The SMILES string of the molecule is CC/C=C\C/C=C\C/C=C\C/C=C\C/C=C\CCC(=O)OCC(COC(=O)CCCCCCC\C=C/C=C\C=C/C=C\CCCCC)OC(=O)CCCCCCC\C=C/C=C\C=C/CCCCCCC. The Morgan fingerprint density at radius 1 is 0.314 bits per heavy atom. The van der Waals surface area contributed by atoms with Gasteiger partial charge < -0.3 is 14.2 Å². The number of carbonyl (C=O) groups is 3. The van der Waals surface area contributed by atoms with Gasteiger partial charge in [0.2, 0.25) is 0 Å². The van der Waals surface area contributed by atoms with Crippen LogP contribution in [0.25, 0.3) is 0 Å². The predicted octanol–water partition coefficient (Wildman–Crippen LogP) is 18.8. The maximum Gasteiger partial charge on any atom is 0.306 e. The van der Waals surface area contributed by atoms with Crippen LogP contribution in [0.1, 0.15) is 220 Å². The van der Waals surface area contributed by atoms with Crippen LogP contribution in [0.15, 0.2) is 146 Å². The van der Waals surface area contributed by atoms with Crippen LogP contribution < -0.4 is 0 Å². The molecule has 0 aliphatic rings. The van der Waals surface area contributed by atoms with Gasteiger partial charge in [-0.2, -0.15) is 0 Å². The molecule has 0 heterocycles. The van der Waals surface area contributed by atoms with Crippen LogP contribution in [0, 0.1) is 0 Å². The molecular weight excluding hydrogens is 865 g/mol. The molecule has 0 aromatic rings. The zero-order valence-electron chi connectivity index (χ0n) is 44.7. The summed E-state index contributed by atoms with van der Waals surface area (Å²) in [4.78, 5) is 38.1. The quantitative estimate of drug-likeness (QED) is 0.0199. The van der Waals surface area contributed by atoms with E-state index in [-0.39, 0.29) is 44.0 Å². The molecule has 0 N–H and O–H groups in total. The molecule has 0 aliphatic heterocycles. The van der Waals surface area contributed by atoms with E-state index >= 15 is 0 Å². The Bertz CT molecular complexity index is 1580. The second-order valence-corrected chi connectivity index (χ2v) is 17.9. The van der Waals surface area contributed by atoms with Crippen LogP contribution in [-0.4, -0.2) is 37.2 Å². The van der Waals surface area contributed by atoms with Gasteiger partial charge in [-0.1, -0.05) is 244 Å². The topological polar surface area (TPSA) is 78.9 Å². The summed E-state index contributed by atoms with van der Waals surface area (Å²) in [6.07, 6.45) is 81.2. The van der Waals surface area contributed by atoms with Crippen molar-refractivity contribution in [2.24, 2.45) is 0 Å². The Morgan fingerprint density at radius 2 is 0.643 bits per heavy atom. The van der Waals surface area contributed by atoms with Gasteiger partial charge >= 0.3 is 17.9 Å². The Kier molecular flexibility index (Phi) is 53.0. The molecule has 0 spiro atoms. The molecule has 0 saturated heterocycles. The smallest absolute Gasteiger partial charge is 0.306 e. The molecule has 0 rings (SSSR count). The average Bonchev–Trinajstić information content (AvgIpc) is 3.36. The molecule has 0 radical (unpaired) electrons. The molecule has 70 heavy (non-hydrogen) atoms. The highest BCUT2D eigenvalue weighted by Crippen LogP contribution is 2.12. The van der Waals surface area contributed by atoms with Gasteiger partial charge in [0.05, 0.1) is 0 Å². The first-order chi connectivity index (χ1) is 34.5. The van der Waals surface area contributed by atoms with Crippen molar-refractivity contribution in [3.63, 3.8) is 0 Å². The first-order valence-corrected chi connectivity index (χ1v) is 27.9. The van der Waals surface area contributed by atoms with Gasteiger partial charge in [0.1, 0.15) is 13.2 Å². The summed E-state index contributed by atoms with van der Waals surface area (Å²) in [5, 5.41) is 0. The molecule has 1 unspecified atom stereocenters. The summed E-state index contributed by atoms with van der Waals surface area (Å²) in [5.74, 6) is -1.06. The molecule has 6 heteroatoms. The standard InChI is InChI=1S/C64H100O6/c1-4-7-10-13-16-19-22-25-28-31-33-36-39-42-45-48-51-54-57-63(66)69-60-61(59-68-62(65)56-53-50-47-44-41-38-35-30-27-24-21-18-15-12-9-6-3)70-64(67)58-55-52-49-46-43-40-37-34-32-29-26-23-20-17-14-11-8-5-2/h9,12,16,18-19,21-23,25-34,36-38,41,47,50,61H,4-8,10-11,13-15,17,20,24,35,39-40,42-46,48-49,51-60H2,1-3H3/b12-9-,19-16-,21-18-,25-22-,26-23-,30-27-,31-28-,32-29-,36-33-,37-34-,41-38-,50-47-. The van der Waals surface area contributed by atoms with Crippen molar-refractivity contribution in [3.8, 4) is 0 Å². The van der Waals surface area contributed by atoms with Crippen LogP contribution in [0.2, 0.25) is 0 Å². The van der Waals surface area contributed by atoms with Gasteiger partial charge in [0, 0.05) is 19.3 Å². The molecule has 6 nitrogen and oxygen atoms in total. The Morgan fingerprint density at radius 3 is 1.09 bits per heavy atom. The molecule has 0 bridgehead atoms. The van der Waals surface area contributed by atoms with E-state index in [1.807, 2.05) is 12.2 Å². The van der Waals surface area contributed by atoms with Crippen LogP contribution in [0.4, 0.5) is 0 Å². The summed E-state index contributed by atoms with van der Waals surface area (Å²) >= 11 is 0. The molecule has 0 fully saturated rings. The van der Waals surface area contributed by atoms with E-state index in [1.54, 1.807) is 0 Å². The van der Waals surface area contributed by atoms with Gasteiger partial charge in [0.25, 0.3) is 0 Å². The third kappa shape index (κ3) is 54.2. The fraction of sp³-hybridized carbons (Fsp3) is 0.578. The van der Waals surface area contributed by atoms with Crippen molar-refractivity contribution in [2.75, 3.05) is 13.2 Å². The van der Waals surface area contributed by atoms with Crippen LogP contribution in [-0.2, 0) is 28.6 Å². The maximum atomic E-state index is 12.8. The van der Waals surface area contributed by atoms with E-state index < -0.39 is 6.10 Å². The minimum atomic E-state index is -0.836. The number of ether oxygens (including phenoxy) is 3. The van der Waals surface area contributed by atoms with Gasteiger partial charge in [-0.25, -0.2) is 0 Å². The van der Waals surface area contributed by atoms with E-state index in [1.165, 1.54) is 51.4 Å². The number of hydrogen-bond donors (Lipinski definition) is 0. The summed E-state index contributed by atoms with van der Waals surface area (Å²) in [6.45, 7) is 6.35. The highest BCUT2D eigenvalue weighted by atomic mass is 16.6. The zero-order chi connectivity index (χ0) is 50.7. The summed E-state index contributed by atoms with van der Waals surface area (Å²) in [5.41, 5.74) is 0. The Hall–Kier alpha value is -4.71. The predicted molar refractivity (Wildman–Crippen MR) is 302 cm³/mol. The number of rotatable bonds is 48. The number of allylic oxidation sites excluding steroid dienone is 24. The summed E-state index contributed by atoms with van der Waals surface area (Å²) < 4.78 is 16.7. The fourth-order valence-electron chi connectivity index (χ4n) is 7.03. The highest BCUT2D eigenvalue weighted by Gasteiger charge is 2.19. The fourth-order valence-corrected chi connectivity index (χ4v) is 7.03. The number of unbranched alkanes of at least 4 members (excludes halogenated alkanes) is 18. The maximum absolute atomic E-state index is 12.8. The highest BCUT2D eigenvalue weighted by molar-refractivity contribution is 5.71. The van der Waals surface area contributed by atoms with Crippen LogP contribution in [0.3, 0.4) is 0 Å². The first kappa shape index (κ1) is 65.3. The summed E-state index contributed by atoms with van der Waals surface area (Å²) in [6, 6.07) is 0. The molecule has 0 aromatic heterocycles. The van der Waals surface area contributed by atoms with Crippen molar-refractivity contribution in [2.45, 2.75) is 226 Å². The third-order valence-electron chi connectivity index (χ3n) is 11.2. The lowest BCUT2D eigenvalue weighted by Gasteiger charge is -2.18. The van der Waals surface area contributed by atoms with Crippen molar-refractivity contribution >= 4 is 17.9 Å².